The van der Waals surface area contributed by atoms with Crippen LogP contribution in [0.5, 0.6) is 0 Å². The van der Waals surface area contributed by atoms with Crippen LogP contribution in [0.2, 0.25) is 0 Å². The summed E-state index contributed by atoms with van der Waals surface area (Å²) in [6.45, 7) is 6.49. The molecule has 0 saturated carbocycles. The van der Waals surface area contributed by atoms with Gasteiger partial charge in [0.05, 0.1) is 11.5 Å². The number of sulfone groups is 1. The first-order valence-corrected chi connectivity index (χ1v) is 7.23. The second kappa shape index (κ2) is 4.62. The molecule has 4 heteroatoms. The third kappa shape index (κ3) is 3.24. The van der Waals surface area contributed by atoms with Gasteiger partial charge in [-0.2, -0.15) is 0 Å². The lowest BCUT2D eigenvalue weighted by Crippen LogP contribution is -2.40. The molecule has 1 rings (SSSR count). The van der Waals surface area contributed by atoms with Gasteiger partial charge in [-0.1, -0.05) is 20.3 Å². The lowest BCUT2D eigenvalue weighted by Gasteiger charge is -2.23. The Kier molecular flexibility index (Phi) is 3.95. The van der Waals surface area contributed by atoms with E-state index in [1.165, 1.54) is 0 Å². The molecule has 3 nitrogen and oxygen atoms in total. The summed E-state index contributed by atoms with van der Waals surface area (Å²) in [5, 5.41) is 3.41. The molecule has 14 heavy (non-hydrogen) atoms. The van der Waals surface area contributed by atoms with E-state index in [1.807, 2.05) is 0 Å². The van der Waals surface area contributed by atoms with Gasteiger partial charge in [-0.15, -0.1) is 0 Å². The molecule has 0 aliphatic carbocycles. The minimum absolute atomic E-state index is 0.184. The number of rotatable bonds is 4. The Balaban J connectivity index is 2.39. The first-order valence-electron chi connectivity index (χ1n) is 5.41. The Hall–Kier alpha value is -0.0900. The van der Waals surface area contributed by atoms with Crippen LogP contribution in [-0.4, -0.2) is 32.0 Å². The van der Waals surface area contributed by atoms with Crippen molar-refractivity contribution in [2.24, 2.45) is 5.92 Å². The Morgan fingerprint density at radius 2 is 2.07 bits per heavy atom. The zero-order valence-electron chi connectivity index (χ0n) is 9.29. The minimum atomic E-state index is -2.74. The Morgan fingerprint density at radius 1 is 1.43 bits per heavy atom. The summed E-state index contributed by atoms with van der Waals surface area (Å²) in [5.41, 5.74) is 0. The van der Waals surface area contributed by atoms with Gasteiger partial charge < -0.3 is 5.32 Å². The van der Waals surface area contributed by atoms with Crippen molar-refractivity contribution in [3.63, 3.8) is 0 Å². The largest absolute Gasteiger partial charge is 0.310 e. The van der Waals surface area contributed by atoms with Crippen molar-refractivity contribution in [2.45, 2.75) is 45.7 Å². The summed E-state index contributed by atoms with van der Waals surface area (Å²) in [6.07, 6.45) is 1.91. The van der Waals surface area contributed by atoms with Gasteiger partial charge in [0.2, 0.25) is 0 Å². The molecule has 1 N–H and O–H groups in total. The molecule has 0 radical (unpaired) electrons. The van der Waals surface area contributed by atoms with Crippen molar-refractivity contribution in [1.29, 1.82) is 0 Å². The van der Waals surface area contributed by atoms with Crippen LogP contribution in [0.15, 0.2) is 0 Å². The van der Waals surface area contributed by atoms with E-state index in [0.29, 0.717) is 23.5 Å². The van der Waals surface area contributed by atoms with E-state index in [1.54, 1.807) is 0 Å². The second-order valence-corrected chi connectivity index (χ2v) is 6.67. The summed E-state index contributed by atoms with van der Waals surface area (Å²) in [4.78, 5) is 0. The summed E-state index contributed by atoms with van der Waals surface area (Å²) in [6, 6.07) is 0.599. The Morgan fingerprint density at radius 3 is 2.50 bits per heavy atom. The number of hydrogen-bond donors (Lipinski definition) is 1. The molecular formula is C10H21NO2S. The normalized spacial score (nSPS) is 30.1. The average molecular weight is 219 g/mol. The third-order valence-electron chi connectivity index (χ3n) is 3.23. The lowest BCUT2D eigenvalue weighted by atomic mass is 10.00. The molecule has 0 aromatic rings. The Labute approximate surface area is 87.2 Å². The quantitative estimate of drug-likeness (QED) is 0.773. The zero-order valence-corrected chi connectivity index (χ0v) is 10.1. The van der Waals surface area contributed by atoms with Gasteiger partial charge in [0, 0.05) is 12.1 Å². The first kappa shape index (κ1) is 12.0. The fraction of sp³-hybridized carbons (Fsp3) is 1.00. The van der Waals surface area contributed by atoms with E-state index in [-0.39, 0.29) is 6.04 Å². The van der Waals surface area contributed by atoms with Gasteiger partial charge in [-0.05, 0) is 19.3 Å². The summed E-state index contributed by atoms with van der Waals surface area (Å²) in [5.74, 6) is 1.30. The Bertz CT molecular complexity index is 274. The van der Waals surface area contributed by atoms with Crippen LogP contribution < -0.4 is 5.32 Å². The smallest absolute Gasteiger partial charge is 0.151 e. The highest BCUT2D eigenvalue weighted by molar-refractivity contribution is 7.91. The minimum Gasteiger partial charge on any atom is -0.310 e. The number of hydrogen-bond acceptors (Lipinski definition) is 3. The van der Waals surface area contributed by atoms with E-state index in [9.17, 15) is 8.42 Å². The van der Waals surface area contributed by atoms with Crippen molar-refractivity contribution < 1.29 is 8.42 Å². The molecule has 1 fully saturated rings. The van der Waals surface area contributed by atoms with E-state index in [2.05, 4.69) is 26.1 Å². The second-order valence-electron chi connectivity index (χ2n) is 4.44. The molecule has 0 aromatic heterocycles. The van der Waals surface area contributed by atoms with Gasteiger partial charge in [-0.25, -0.2) is 8.42 Å². The zero-order chi connectivity index (χ0) is 10.8. The molecule has 1 aliphatic heterocycles. The summed E-state index contributed by atoms with van der Waals surface area (Å²) in [7, 11) is -2.74. The number of nitrogens with one attached hydrogen (secondary N) is 1. The molecule has 84 valence electrons. The van der Waals surface area contributed by atoms with Gasteiger partial charge in [0.15, 0.2) is 9.84 Å². The fourth-order valence-electron chi connectivity index (χ4n) is 1.82. The van der Waals surface area contributed by atoms with Crippen LogP contribution >= 0.6 is 0 Å². The molecule has 3 atom stereocenters. The van der Waals surface area contributed by atoms with Crippen LogP contribution in [0.25, 0.3) is 0 Å². The SMILES string of the molecule is CC[C@H](C)[C@H](C)N[C@@H]1CCS(=O)(=O)C1. The van der Waals surface area contributed by atoms with Crippen LogP contribution in [0, 0.1) is 5.92 Å². The molecule has 0 amide bonds. The fourth-order valence-corrected chi connectivity index (χ4v) is 3.50. The maximum absolute atomic E-state index is 11.2. The van der Waals surface area contributed by atoms with E-state index < -0.39 is 9.84 Å². The highest BCUT2D eigenvalue weighted by atomic mass is 32.2. The molecule has 1 heterocycles. The van der Waals surface area contributed by atoms with Crippen LogP contribution in [0.1, 0.15) is 33.6 Å². The average Bonchev–Trinajstić information content (AvgIpc) is 2.44. The van der Waals surface area contributed by atoms with Gasteiger partial charge >= 0.3 is 0 Å². The summed E-state index contributed by atoms with van der Waals surface area (Å²) >= 11 is 0. The molecule has 0 spiro atoms. The van der Waals surface area contributed by atoms with Crippen molar-refractivity contribution >= 4 is 9.84 Å². The predicted octanol–water partition coefficient (Wildman–Crippen LogP) is 1.20. The monoisotopic (exact) mass is 219 g/mol. The van der Waals surface area contributed by atoms with Gasteiger partial charge in [0.25, 0.3) is 0 Å². The highest BCUT2D eigenvalue weighted by Gasteiger charge is 2.29. The standard InChI is InChI=1S/C10H21NO2S/c1-4-8(2)9(3)11-10-5-6-14(12,13)7-10/h8-11H,4-7H2,1-3H3/t8-,9-,10+/m0/s1. The van der Waals surface area contributed by atoms with Crippen LogP contribution in [0.3, 0.4) is 0 Å². The summed E-state index contributed by atoms with van der Waals surface area (Å²) < 4.78 is 22.4. The van der Waals surface area contributed by atoms with Crippen molar-refractivity contribution in [3.05, 3.63) is 0 Å². The van der Waals surface area contributed by atoms with Crippen molar-refractivity contribution in [1.82, 2.24) is 5.32 Å². The van der Waals surface area contributed by atoms with Gasteiger partial charge in [0.1, 0.15) is 0 Å². The van der Waals surface area contributed by atoms with Gasteiger partial charge in [-0.3, -0.25) is 0 Å². The molecule has 0 bridgehead atoms. The van der Waals surface area contributed by atoms with E-state index in [0.717, 1.165) is 12.8 Å². The van der Waals surface area contributed by atoms with Crippen molar-refractivity contribution in [2.75, 3.05) is 11.5 Å². The molecule has 0 unspecified atom stereocenters. The highest BCUT2D eigenvalue weighted by Crippen LogP contribution is 2.14. The molecule has 0 aromatic carbocycles. The third-order valence-corrected chi connectivity index (χ3v) is 5.00. The first-order chi connectivity index (χ1) is 6.44. The van der Waals surface area contributed by atoms with E-state index >= 15 is 0 Å². The molecular weight excluding hydrogens is 198 g/mol. The lowest BCUT2D eigenvalue weighted by molar-refractivity contribution is 0.359. The van der Waals surface area contributed by atoms with Crippen LogP contribution in [0.4, 0.5) is 0 Å². The molecule has 1 aliphatic rings. The maximum atomic E-state index is 11.2. The maximum Gasteiger partial charge on any atom is 0.151 e. The predicted molar refractivity (Wildman–Crippen MR) is 59.1 cm³/mol. The molecule has 1 saturated heterocycles. The van der Waals surface area contributed by atoms with Crippen molar-refractivity contribution in [3.8, 4) is 0 Å². The van der Waals surface area contributed by atoms with Crippen LogP contribution in [-0.2, 0) is 9.84 Å². The van der Waals surface area contributed by atoms with E-state index in [4.69, 9.17) is 0 Å². The topological polar surface area (TPSA) is 46.2 Å².